The number of aryl methyl sites for hydroxylation is 2. The van der Waals surface area contributed by atoms with Gasteiger partial charge in [0.15, 0.2) is 0 Å². The molecular weight excluding hydrogens is 415 g/mol. The first kappa shape index (κ1) is 22.0. The maximum atomic E-state index is 14.0. The number of hydrogen-bond donors (Lipinski definition) is 0. The van der Waals surface area contributed by atoms with E-state index in [-0.39, 0.29) is 16.7 Å². The van der Waals surface area contributed by atoms with Crippen molar-refractivity contribution in [2.24, 2.45) is 0 Å². The van der Waals surface area contributed by atoms with Gasteiger partial charge in [-0.3, -0.25) is 10.1 Å². The number of nitrogens with zero attached hydrogens (tertiary/aromatic N) is 1. The smallest absolute Gasteiger partial charge is 0.258 e. The van der Waals surface area contributed by atoms with Crippen LogP contribution in [0.15, 0.2) is 41.3 Å². The summed E-state index contributed by atoms with van der Waals surface area (Å²) in [5.41, 5.74) is -0.349. The molecule has 0 aliphatic rings. The van der Waals surface area contributed by atoms with Crippen molar-refractivity contribution in [2.45, 2.75) is 36.1 Å². The third kappa shape index (κ3) is 3.94. The second kappa shape index (κ2) is 7.26. The molecule has 2 aromatic rings. The van der Waals surface area contributed by atoms with Gasteiger partial charge in [0.25, 0.3) is 5.69 Å². The van der Waals surface area contributed by atoms with Crippen molar-refractivity contribution in [3.63, 3.8) is 0 Å². The van der Waals surface area contributed by atoms with Gasteiger partial charge >= 0.3 is 17.4 Å². The normalized spacial score (nSPS) is 12.9. The molecule has 0 radical (unpaired) electrons. The molecule has 0 unspecified atom stereocenters. The van der Waals surface area contributed by atoms with E-state index in [2.05, 4.69) is 0 Å². The fourth-order valence-electron chi connectivity index (χ4n) is 2.57. The number of halogens is 7. The van der Waals surface area contributed by atoms with Gasteiger partial charge in [-0.25, -0.2) is 0 Å². The molecule has 0 atom stereocenters. The van der Waals surface area contributed by atoms with Crippen LogP contribution in [0.2, 0.25) is 0 Å². The predicted octanol–water partition coefficient (Wildman–Crippen LogP) is 6.76. The summed E-state index contributed by atoms with van der Waals surface area (Å²) in [6, 6.07) is 7.40. The minimum atomic E-state index is -6.47. The fraction of sp³-hybridized carbons (Fsp3) is 0.294. The SMILES string of the molecule is Cc1cc(C)c(-c2ccccc2[N+](=O)[O-])c(SC(F)(F)C(F)(F)C(F)(F)F)c1. The number of thioether (sulfide) groups is 1. The first-order valence-corrected chi connectivity index (χ1v) is 8.37. The highest BCUT2D eigenvalue weighted by molar-refractivity contribution is 8.00. The zero-order chi connectivity index (χ0) is 21.5. The number of benzene rings is 2. The van der Waals surface area contributed by atoms with E-state index in [4.69, 9.17) is 0 Å². The van der Waals surface area contributed by atoms with Gasteiger partial charge in [-0.2, -0.15) is 30.7 Å². The molecule has 152 valence electrons. The molecule has 0 aliphatic heterocycles. The Morgan fingerprint density at radius 1 is 0.964 bits per heavy atom. The zero-order valence-corrected chi connectivity index (χ0v) is 15.1. The molecule has 0 fully saturated rings. The van der Waals surface area contributed by atoms with Crippen LogP contribution in [0.25, 0.3) is 11.1 Å². The highest BCUT2D eigenvalue weighted by Gasteiger charge is 2.73. The Labute approximate surface area is 158 Å². The average molecular weight is 427 g/mol. The van der Waals surface area contributed by atoms with Crippen LogP contribution in [0.1, 0.15) is 11.1 Å². The van der Waals surface area contributed by atoms with Crippen molar-refractivity contribution < 1.29 is 35.7 Å². The van der Waals surface area contributed by atoms with Crippen molar-refractivity contribution in [1.82, 2.24) is 0 Å². The maximum absolute atomic E-state index is 14.0. The molecule has 0 spiro atoms. The molecule has 0 amide bonds. The van der Waals surface area contributed by atoms with Crippen LogP contribution in [-0.4, -0.2) is 22.3 Å². The molecule has 2 rings (SSSR count). The van der Waals surface area contributed by atoms with E-state index in [0.717, 1.165) is 12.1 Å². The van der Waals surface area contributed by atoms with E-state index in [1.54, 1.807) is 0 Å². The van der Waals surface area contributed by atoms with E-state index in [9.17, 15) is 40.8 Å². The number of hydrogen-bond acceptors (Lipinski definition) is 3. The third-order valence-corrected chi connectivity index (χ3v) is 4.83. The molecule has 11 heteroatoms. The number of rotatable bonds is 5. The summed E-state index contributed by atoms with van der Waals surface area (Å²) in [5, 5.41) is 5.70. The van der Waals surface area contributed by atoms with Crippen LogP contribution in [0.5, 0.6) is 0 Å². The van der Waals surface area contributed by atoms with Gasteiger partial charge in [0, 0.05) is 16.5 Å². The summed E-state index contributed by atoms with van der Waals surface area (Å²) in [6.07, 6.45) is -6.47. The lowest BCUT2D eigenvalue weighted by Crippen LogP contribution is -2.49. The summed E-state index contributed by atoms with van der Waals surface area (Å²) in [4.78, 5) is 9.82. The lowest BCUT2D eigenvalue weighted by Gasteiger charge is -2.28. The van der Waals surface area contributed by atoms with Crippen molar-refractivity contribution in [3.8, 4) is 11.1 Å². The summed E-state index contributed by atoms with van der Waals surface area (Å²) in [6.45, 7) is 2.82. The zero-order valence-electron chi connectivity index (χ0n) is 14.3. The second-order valence-electron chi connectivity index (χ2n) is 5.92. The quantitative estimate of drug-likeness (QED) is 0.229. The first-order valence-electron chi connectivity index (χ1n) is 7.55. The van der Waals surface area contributed by atoms with E-state index < -0.39 is 44.6 Å². The molecule has 0 saturated carbocycles. The van der Waals surface area contributed by atoms with E-state index in [1.807, 2.05) is 0 Å². The molecule has 0 bridgehead atoms. The standard InChI is InChI=1S/C17H12F7NO2S/c1-9-7-10(2)14(11-5-3-4-6-12(11)25(26)27)13(8-9)28-17(23,24)15(18,19)16(20,21)22/h3-8H,1-2H3. The maximum Gasteiger partial charge on any atom is 0.460 e. The lowest BCUT2D eigenvalue weighted by molar-refractivity contribution is -0.384. The Morgan fingerprint density at radius 3 is 2.07 bits per heavy atom. The van der Waals surface area contributed by atoms with Gasteiger partial charge in [0.2, 0.25) is 0 Å². The topological polar surface area (TPSA) is 43.1 Å². The number of para-hydroxylation sites is 1. The summed E-state index contributed by atoms with van der Waals surface area (Å²) in [7, 11) is 0. The summed E-state index contributed by atoms with van der Waals surface area (Å²) >= 11 is -0.976. The number of alkyl halides is 7. The van der Waals surface area contributed by atoms with Crippen LogP contribution < -0.4 is 0 Å². The largest absolute Gasteiger partial charge is 0.460 e. The van der Waals surface area contributed by atoms with Gasteiger partial charge in [-0.15, -0.1) is 0 Å². The van der Waals surface area contributed by atoms with Crippen molar-refractivity contribution in [3.05, 3.63) is 57.6 Å². The highest BCUT2D eigenvalue weighted by atomic mass is 32.2. The lowest BCUT2D eigenvalue weighted by atomic mass is 9.97. The monoisotopic (exact) mass is 427 g/mol. The summed E-state index contributed by atoms with van der Waals surface area (Å²) < 4.78 is 91.9. The molecule has 0 heterocycles. The second-order valence-corrected chi connectivity index (χ2v) is 7.08. The fourth-order valence-corrected chi connectivity index (χ4v) is 3.70. The third-order valence-electron chi connectivity index (χ3n) is 3.77. The van der Waals surface area contributed by atoms with Crippen LogP contribution in [0.3, 0.4) is 0 Å². The Balaban J connectivity index is 2.70. The van der Waals surface area contributed by atoms with E-state index in [0.29, 0.717) is 5.56 Å². The average Bonchev–Trinajstić information content (AvgIpc) is 2.52. The Morgan fingerprint density at radius 2 is 1.54 bits per heavy atom. The van der Waals surface area contributed by atoms with Crippen molar-refractivity contribution in [1.29, 1.82) is 0 Å². The van der Waals surface area contributed by atoms with Gasteiger partial charge in [0.1, 0.15) is 0 Å². The Kier molecular flexibility index (Phi) is 5.71. The Hall–Kier alpha value is -2.30. The van der Waals surface area contributed by atoms with Gasteiger partial charge in [-0.05, 0) is 48.9 Å². The van der Waals surface area contributed by atoms with Gasteiger partial charge in [0.05, 0.1) is 10.5 Å². The van der Waals surface area contributed by atoms with E-state index in [1.165, 1.54) is 38.1 Å². The number of nitro benzene ring substituents is 1. The molecule has 2 aromatic carbocycles. The van der Waals surface area contributed by atoms with Crippen LogP contribution in [0.4, 0.5) is 36.4 Å². The van der Waals surface area contributed by atoms with E-state index >= 15 is 0 Å². The van der Waals surface area contributed by atoms with Crippen LogP contribution >= 0.6 is 11.8 Å². The molecule has 28 heavy (non-hydrogen) atoms. The van der Waals surface area contributed by atoms with Gasteiger partial charge in [-0.1, -0.05) is 18.2 Å². The first-order chi connectivity index (χ1) is 12.7. The molecule has 0 aromatic heterocycles. The number of nitro groups is 1. The minimum absolute atomic E-state index is 0.168. The predicted molar refractivity (Wildman–Crippen MR) is 89.8 cm³/mol. The Bertz CT molecular complexity index is 913. The molecule has 0 N–H and O–H groups in total. The van der Waals surface area contributed by atoms with Crippen molar-refractivity contribution in [2.75, 3.05) is 0 Å². The van der Waals surface area contributed by atoms with Gasteiger partial charge < -0.3 is 0 Å². The van der Waals surface area contributed by atoms with Crippen molar-refractivity contribution >= 4 is 17.4 Å². The van der Waals surface area contributed by atoms with Crippen LogP contribution in [0, 0.1) is 24.0 Å². The minimum Gasteiger partial charge on any atom is -0.258 e. The summed E-state index contributed by atoms with van der Waals surface area (Å²) in [5.74, 6) is -6.30. The highest BCUT2D eigenvalue weighted by Crippen LogP contribution is 2.55. The molecule has 0 aliphatic carbocycles. The van der Waals surface area contributed by atoms with Crippen LogP contribution in [-0.2, 0) is 0 Å². The molecule has 0 saturated heterocycles. The molecular formula is C17H12F7NO2S. The molecule has 3 nitrogen and oxygen atoms in total.